The molecular weight excluding hydrogens is 677 g/mol. The van der Waals surface area contributed by atoms with Gasteiger partial charge >= 0.3 is 0 Å². The third-order valence-electron chi connectivity index (χ3n) is 12.4. The summed E-state index contributed by atoms with van der Waals surface area (Å²) in [5.74, 6) is 0.717. The third kappa shape index (κ3) is 4.63. The van der Waals surface area contributed by atoms with Crippen molar-refractivity contribution in [2.45, 2.75) is 24.7 Å². The van der Waals surface area contributed by atoms with Crippen LogP contribution in [0.5, 0.6) is 0 Å². The number of fused-ring (bicyclic) bond motifs is 10. The smallest absolute Gasteiger partial charge is 0.160 e. The lowest BCUT2D eigenvalue weighted by atomic mass is 9.55. The largest absolute Gasteiger partial charge is 0.228 e. The fourth-order valence-electron chi connectivity index (χ4n) is 9.86. The van der Waals surface area contributed by atoms with E-state index in [1.807, 2.05) is 24.3 Å². The highest BCUT2D eigenvalue weighted by Crippen LogP contribution is 2.62. The van der Waals surface area contributed by atoms with E-state index in [-0.39, 0.29) is 5.41 Å². The predicted molar refractivity (Wildman–Crippen MR) is 231 cm³/mol. The van der Waals surface area contributed by atoms with E-state index in [0.29, 0.717) is 0 Å². The van der Waals surface area contributed by atoms with E-state index in [1.165, 1.54) is 61.0 Å². The number of hydrogen-bond donors (Lipinski definition) is 0. The highest BCUT2D eigenvalue weighted by atomic mass is 14.9. The van der Waals surface area contributed by atoms with Crippen LogP contribution in [-0.2, 0) is 10.8 Å². The molecule has 0 atom stereocenters. The molecule has 1 aromatic heterocycles. The van der Waals surface area contributed by atoms with Crippen molar-refractivity contribution in [3.05, 3.63) is 228 Å². The van der Waals surface area contributed by atoms with Gasteiger partial charge in [0.2, 0.25) is 0 Å². The van der Waals surface area contributed by atoms with Gasteiger partial charge in [-0.25, -0.2) is 9.97 Å². The molecule has 0 fully saturated rings. The van der Waals surface area contributed by atoms with Crippen molar-refractivity contribution < 1.29 is 0 Å². The first-order chi connectivity index (χ1) is 27.5. The van der Waals surface area contributed by atoms with Crippen molar-refractivity contribution >= 4 is 10.8 Å². The van der Waals surface area contributed by atoms with Gasteiger partial charge in [0.25, 0.3) is 0 Å². The zero-order valence-electron chi connectivity index (χ0n) is 31.4. The Morgan fingerprint density at radius 1 is 0.321 bits per heavy atom. The minimum absolute atomic E-state index is 0.137. The molecule has 0 unspecified atom stereocenters. The molecule has 2 heteroatoms. The zero-order valence-corrected chi connectivity index (χ0v) is 31.4. The molecule has 0 aliphatic heterocycles. The van der Waals surface area contributed by atoms with Gasteiger partial charge in [-0.2, -0.15) is 0 Å². The molecule has 0 bridgehead atoms. The number of rotatable bonds is 4. The molecule has 0 radical (unpaired) electrons. The average molecular weight is 715 g/mol. The molecule has 1 spiro atoms. The third-order valence-corrected chi connectivity index (χ3v) is 12.4. The van der Waals surface area contributed by atoms with Gasteiger partial charge in [0.15, 0.2) is 5.82 Å². The summed E-state index contributed by atoms with van der Waals surface area (Å²) >= 11 is 0. The lowest BCUT2D eigenvalue weighted by Crippen LogP contribution is -2.40. The van der Waals surface area contributed by atoms with Gasteiger partial charge in [-0.05, 0) is 78.5 Å². The number of aromatic nitrogens is 2. The van der Waals surface area contributed by atoms with Crippen LogP contribution in [0, 0.1) is 0 Å². The summed E-state index contributed by atoms with van der Waals surface area (Å²) in [6, 6.07) is 70.8. The Hall–Kier alpha value is -6.90. The highest BCUT2D eigenvalue weighted by molar-refractivity contribution is 6.05. The molecule has 0 amide bonds. The summed E-state index contributed by atoms with van der Waals surface area (Å²) in [6.45, 7) is 4.76. The maximum Gasteiger partial charge on any atom is 0.160 e. The quantitative estimate of drug-likeness (QED) is 0.181. The summed E-state index contributed by atoms with van der Waals surface area (Å²) in [4.78, 5) is 10.3. The summed E-state index contributed by atoms with van der Waals surface area (Å²) in [6.07, 6.45) is 0. The van der Waals surface area contributed by atoms with Crippen LogP contribution in [0.2, 0.25) is 0 Å². The Balaban J connectivity index is 1.14. The highest BCUT2D eigenvalue weighted by Gasteiger charge is 2.53. The van der Waals surface area contributed by atoms with Gasteiger partial charge in [0.1, 0.15) is 0 Å². The van der Waals surface area contributed by atoms with E-state index in [1.54, 1.807) is 0 Å². The zero-order chi connectivity index (χ0) is 37.4. The van der Waals surface area contributed by atoms with Crippen LogP contribution in [0.1, 0.15) is 47.2 Å². The van der Waals surface area contributed by atoms with Crippen LogP contribution in [0.15, 0.2) is 194 Å². The normalized spacial score (nSPS) is 14.2. The molecule has 2 aliphatic carbocycles. The minimum Gasteiger partial charge on any atom is -0.228 e. The topological polar surface area (TPSA) is 25.8 Å². The Bertz CT molecular complexity index is 2890. The van der Waals surface area contributed by atoms with Gasteiger partial charge in [-0.1, -0.05) is 196 Å². The van der Waals surface area contributed by atoms with Crippen LogP contribution in [-0.4, -0.2) is 9.97 Å². The fourth-order valence-corrected chi connectivity index (χ4v) is 9.86. The summed E-state index contributed by atoms with van der Waals surface area (Å²) in [5.41, 5.74) is 17.6. The lowest BCUT2D eigenvalue weighted by Gasteiger charge is -2.46. The molecule has 2 aliphatic rings. The second-order valence-electron chi connectivity index (χ2n) is 15.7. The first-order valence-corrected chi connectivity index (χ1v) is 19.5. The molecule has 1 heterocycles. The van der Waals surface area contributed by atoms with Crippen molar-refractivity contribution in [2.24, 2.45) is 0 Å². The first-order valence-electron chi connectivity index (χ1n) is 19.5. The van der Waals surface area contributed by atoms with E-state index >= 15 is 0 Å². The SMILES string of the molecule is CC1(C)c2ccccc2C2(c3ccccc3-c3ccc(-c4ccc(-c5cc(-c6ccccc6)nc(-c6ccccc6)n5)c5ccccc45)cc32)c2ccccc21. The molecule has 11 rings (SSSR count). The predicted octanol–water partition coefficient (Wildman–Crippen LogP) is 13.3. The molecule has 56 heavy (non-hydrogen) atoms. The van der Waals surface area contributed by atoms with Crippen molar-refractivity contribution in [3.8, 4) is 56.2 Å². The first kappa shape index (κ1) is 32.5. The van der Waals surface area contributed by atoms with Crippen LogP contribution in [0.3, 0.4) is 0 Å². The van der Waals surface area contributed by atoms with Crippen LogP contribution in [0.4, 0.5) is 0 Å². The molecule has 2 nitrogen and oxygen atoms in total. The van der Waals surface area contributed by atoms with Crippen LogP contribution >= 0.6 is 0 Å². The summed E-state index contributed by atoms with van der Waals surface area (Å²) in [7, 11) is 0. The number of nitrogens with zero attached hydrogens (tertiary/aromatic N) is 2. The second-order valence-corrected chi connectivity index (χ2v) is 15.7. The number of benzene rings is 8. The van der Waals surface area contributed by atoms with E-state index < -0.39 is 5.41 Å². The van der Waals surface area contributed by atoms with Crippen molar-refractivity contribution in [1.82, 2.24) is 9.97 Å². The van der Waals surface area contributed by atoms with Gasteiger partial charge in [0, 0.05) is 22.1 Å². The minimum atomic E-state index is -0.441. The van der Waals surface area contributed by atoms with Gasteiger partial charge in [-0.15, -0.1) is 0 Å². The maximum absolute atomic E-state index is 5.22. The van der Waals surface area contributed by atoms with Crippen LogP contribution in [0.25, 0.3) is 66.9 Å². The number of hydrogen-bond acceptors (Lipinski definition) is 2. The van der Waals surface area contributed by atoms with E-state index in [2.05, 4.69) is 184 Å². The summed E-state index contributed by atoms with van der Waals surface area (Å²) < 4.78 is 0. The lowest BCUT2D eigenvalue weighted by molar-refractivity contribution is 0.563. The van der Waals surface area contributed by atoms with E-state index in [0.717, 1.165) is 39.3 Å². The van der Waals surface area contributed by atoms with Gasteiger partial charge in [0.05, 0.1) is 16.8 Å². The fraction of sp³-hybridized carbons (Fsp3) is 0.0741. The molecule has 9 aromatic rings. The Morgan fingerprint density at radius 2 is 0.804 bits per heavy atom. The average Bonchev–Trinajstić information content (AvgIpc) is 3.56. The second kappa shape index (κ2) is 12.3. The van der Waals surface area contributed by atoms with Crippen molar-refractivity contribution in [3.63, 3.8) is 0 Å². The molecular formula is C54H38N2. The van der Waals surface area contributed by atoms with Crippen molar-refractivity contribution in [1.29, 1.82) is 0 Å². The molecule has 264 valence electrons. The maximum atomic E-state index is 5.22. The molecule has 0 N–H and O–H groups in total. The Labute approximate surface area is 327 Å². The molecule has 0 saturated carbocycles. The van der Waals surface area contributed by atoms with Gasteiger partial charge in [-0.3, -0.25) is 0 Å². The van der Waals surface area contributed by atoms with Crippen LogP contribution < -0.4 is 0 Å². The molecule has 8 aromatic carbocycles. The Kier molecular flexibility index (Phi) is 7.15. The van der Waals surface area contributed by atoms with Crippen molar-refractivity contribution in [2.75, 3.05) is 0 Å². The summed E-state index contributed by atoms with van der Waals surface area (Å²) in [5, 5.41) is 2.36. The Morgan fingerprint density at radius 3 is 1.48 bits per heavy atom. The standard InChI is InChI=1S/C54H38N2/c1-53(2)45-25-13-15-27-47(45)54(48-28-16-14-26-46(48)53)44-24-12-11-23-41(44)42-30-29-37(33-49(42)54)38-31-32-43(40-22-10-9-21-39(38)40)51-34-50(35-17-5-3-6-18-35)55-52(56-51)36-19-7-4-8-20-36/h3-34H,1-2H3. The van der Waals surface area contributed by atoms with Gasteiger partial charge < -0.3 is 0 Å². The molecule has 0 saturated heterocycles. The van der Waals surface area contributed by atoms with E-state index in [9.17, 15) is 0 Å². The van der Waals surface area contributed by atoms with E-state index in [4.69, 9.17) is 9.97 Å². The monoisotopic (exact) mass is 714 g/mol.